The fourth-order valence-electron chi connectivity index (χ4n) is 4.16. The fourth-order valence-corrected chi connectivity index (χ4v) is 4.16. The van der Waals surface area contributed by atoms with Crippen molar-refractivity contribution in [3.05, 3.63) is 47.7 Å². The first-order valence-corrected chi connectivity index (χ1v) is 10.5. The first-order valence-electron chi connectivity index (χ1n) is 10.5. The molecule has 1 fully saturated rings. The third kappa shape index (κ3) is 3.33. The Balaban J connectivity index is 1.59. The van der Waals surface area contributed by atoms with E-state index in [1.165, 1.54) is 0 Å². The van der Waals surface area contributed by atoms with Crippen LogP contribution in [0.2, 0.25) is 0 Å². The lowest BCUT2D eigenvalue weighted by atomic mass is 9.90. The normalized spacial score (nSPS) is 19.2. The molecule has 0 spiro atoms. The SMILES string of the molecule is CC(C)(C)c1nn(-c2ccccc2)c2nc3c(cc12)CN(C[C@H]1CCCO1)C(=O)O3. The third-order valence-corrected chi connectivity index (χ3v) is 5.66. The van der Waals surface area contributed by atoms with E-state index in [1.807, 2.05) is 35.0 Å². The summed E-state index contributed by atoms with van der Waals surface area (Å²) < 4.78 is 13.2. The zero-order valence-electron chi connectivity index (χ0n) is 17.6. The van der Waals surface area contributed by atoms with Crippen molar-refractivity contribution >= 4 is 17.1 Å². The van der Waals surface area contributed by atoms with Crippen molar-refractivity contribution in [1.82, 2.24) is 19.7 Å². The molecule has 5 rings (SSSR count). The van der Waals surface area contributed by atoms with Crippen LogP contribution < -0.4 is 4.74 Å². The molecule has 1 saturated heterocycles. The average Bonchev–Trinajstić information content (AvgIpc) is 3.35. The minimum atomic E-state index is -0.369. The number of aromatic nitrogens is 3. The molecule has 4 heterocycles. The van der Waals surface area contributed by atoms with Crippen molar-refractivity contribution in [3.8, 4) is 11.6 Å². The molecule has 0 aliphatic carbocycles. The fraction of sp³-hybridized carbons (Fsp3) is 0.435. The van der Waals surface area contributed by atoms with E-state index in [9.17, 15) is 4.79 Å². The molecule has 2 aliphatic heterocycles. The number of benzene rings is 1. The van der Waals surface area contributed by atoms with Gasteiger partial charge in [-0.2, -0.15) is 10.1 Å². The largest absolute Gasteiger partial charge is 0.416 e. The van der Waals surface area contributed by atoms with Crippen LogP contribution in [0.3, 0.4) is 0 Å². The van der Waals surface area contributed by atoms with Crippen LogP contribution in [-0.4, -0.2) is 45.0 Å². The molecule has 1 aromatic carbocycles. The number of rotatable bonds is 3. The van der Waals surface area contributed by atoms with Crippen molar-refractivity contribution in [2.24, 2.45) is 0 Å². The summed E-state index contributed by atoms with van der Waals surface area (Å²) in [6.45, 7) is 8.22. The maximum Gasteiger partial charge on any atom is 0.416 e. The lowest BCUT2D eigenvalue weighted by Gasteiger charge is -2.29. The molecule has 3 aromatic rings. The number of nitrogens with zero attached hydrogens (tertiary/aromatic N) is 4. The number of hydrogen-bond donors (Lipinski definition) is 0. The smallest absolute Gasteiger partial charge is 0.391 e. The van der Waals surface area contributed by atoms with Gasteiger partial charge in [0.25, 0.3) is 0 Å². The van der Waals surface area contributed by atoms with Crippen LogP contribution in [0.15, 0.2) is 36.4 Å². The lowest BCUT2D eigenvalue weighted by Crippen LogP contribution is -2.41. The van der Waals surface area contributed by atoms with Gasteiger partial charge in [0.1, 0.15) is 0 Å². The molecular formula is C23H26N4O3. The van der Waals surface area contributed by atoms with Gasteiger partial charge in [-0.1, -0.05) is 39.0 Å². The maximum atomic E-state index is 12.6. The summed E-state index contributed by atoms with van der Waals surface area (Å²) in [5, 5.41) is 5.89. The van der Waals surface area contributed by atoms with Gasteiger partial charge in [-0.05, 0) is 31.0 Å². The zero-order valence-corrected chi connectivity index (χ0v) is 17.6. The summed E-state index contributed by atoms with van der Waals surface area (Å²) in [7, 11) is 0. The first kappa shape index (κ1) is 19.1. The number of para-hydroxylation sites is 1. The van der Waals surface area contributed by atoms with Gasteiger partial charge in [0, 0.05) is 23.0 Å². The van der Waals surface area contributed by atoms with Crippen LogP contribution in [0.25, 0.3) is 16.7 Å². The Labute approximate surface area is 175 Å². The molecule has 7 nitrogen and oxygen atoms in total. The van der Waals surface area contributed by atoms with E-state index < -0.39 is 0 Å². The summed E-state index contributed by atoms with van der Waals surface area (Å²) in [5.41, 5.74) is 3.34. The van der Waals surface area contributed by atoms with Crippen molar-refractivity contribution in [2.45, 2.75) is 51.7 Å². The number of pyridine rings is 1. The number of fused-ring (bicyclic) bond motifs is 2. The molecule has 0 unspecified atom stereocenters. The molecule has 1 atom stereocenters. The molecule has 2 aliphatic rings. The zero-order chi connectivity index (χ0) is 20.9. The molecule has 1 amide bonds. The summed E-state index contributed by atoms with van der Waals surface area (Å²) in [6, 6.07) is 12.0. The highest BCUT2D eigenvalue weighted by molar-refractivity contribution is 5.84. The molecule has 7 heteroatoms. The quantitative estimate of drug-likeness (QED) is 0.652. The van der Waals surface area contributed by atoms with Gasteiger partial charge >= 0.3 is 6.09 Å². The van der Waals surface area contributed by atoms with Crippen LogP contribution in [0.1, 0.15) is 44.9 Å². The van der Waals surface area contributed by atoms with Crippen molar-refractivity contribution in [3.63, 3.8) is 0 Å². The van der Waals surface area contributed by atoms with Gasteiger partial charge in [0.2, 0.25) is 5.88 Å². The molecule has 156 valence electrons. The standard InChI is InChI=1S/C23H26N4O3/c1-23(2,3)19-18-12-15-13-26(14-17-10-7-11-29-17)22(28)30-21(15)24-20(18)27(25-19)16-8-5-4-6-9-16/h4-6,8-9,12,17H,7,10-11,13-14H2,1-3H3/t17-/m1/s1. The van der Waals surface area contributed by atoms with Crippen molar-refractivity contribution in [2.75, 3.05) is 13.2 Å². The highest BCUT2D eigenvalue weighted by Crippen LogP contribution is 2.35. The maximum absolute atomic E-state index is 12.6. The highest BCUT2D eigenvalue weighted by atomic mass is 16.6. The number of hydrogen-bond acceptors (Lipinski definition) is 5. The number of ether oxygens (including phenoxy) is 2. The third-order valence-electron chi connectivity index (χ3n) is 5.66. The Bertz CT molecular complexity index is 1100. The molecule has 0 saturated carbocycles. The Kier molecular flexibility index (Phi) is 4.50. The van der Waals surface area contributed by atoms with Crippen molar-refractivity contribution < 1.29 is 14.3 Å². The first-order chi connectivity index (χ1) is 14.4. The van der Waals surface area contributed by atoms with Gasteiger partial charge in [0.05, 0.1) is 30.6 Å². The predicted octanol–water partition coefficient (Wildman–Crippen LogP) is 4.21. The minimum absolute atomic E-state index is 0.0850. The molecule has 2 aromatic heterocycles. The Hall–Kier alpha value is -2.93. The summed E-state index contributed by atoms with van der Waals surface area (Å²) in [6.07, 6.45) is 1.74. The second-order valence-corrected chi connectivity index (χ2v) is 9.05. The number of carbonyl (C=O) groups excluding carboxylic acids is 1. The predicted molar refractivity (Wildman–Crippen MR) is 113 cm³/mol. The van der Waals surface area contributed by atoms with Gasteiger partial charge in [-0.3, -0.25) is 0 Å². The van der Waals surface area contributed by atoms with E-state index in [4.69, 9.17) is 19.6 Å². The molecule has 0 radical (unpaired) electrons. The van der Waals surface area contributed by atoms with Crippen LogP contribution >= 0.6 is 0 Å². The van der Waals surface area contributed by atoms with Crippen LogP contribution in [0, 0.1) is 0 Å². The Morgan fingerprint density at radius 1 is 1.20 bits per heavy atom. The summed E-state index contributed by atoms with van der Waals surface area (Å²) in [4.78, 5) is 19.0. The van der Waals surface area contributed by atoms with E-state index >= 15 is 0 Å². The van der Waals surface area contributed by atoms with Gasteiger partial charge in [-0.15, -0.1) is 0 Å². The lowest BCUT2D eigenvalue weighted by molar-refractivity contribution is 0.0641. The Morgan fingerprint density at radius 2 is 2.00 bits per heavy atom. The molecule has 30 heavy (non-hydrogen) atoms. The second-order valence-electron chi connectivity index (χ2n) is 9.05. The van der Waals surface area contributed by atoms with Crippen molar-refractivity contribution in [1.29, 1.82) is 0 Å². The number of amides is 1. The van der Waals surface area contributed by atoms with E-state index in [-0.39, 0.29) is 17.6 Å². The van der Waals surface area contributed by atoms with Crippen LogP contribution in [0.5, 0.6) is 5.88 Å². The topological polar surface area (TPSA) is 69.5 Å². The van der Waals surface area contributed by atoms with E-state index in [0.29, 0.717) is 24.6 Å². The van der Waals surface area contributed by atoms with E-state index in [0.717, 1.165) is 41.8 Å². The monoisotopic (exact) mass is 406 g/mol. The van der Waals surface area contributed by atoms with E-state index in [1.54, 1.807) is 4.90 Å². The van der Waals surface area contributed by atoms with Gasteiger partial charge in [-0.25, -0.2) is 9.48 Å². The molecular weight excluding hydrogens is 380 g/mol. The minimum Gasteiger partial charge on any atom is -0.391 e. The average molecular weight is 406 g/mol. The van der Waals surface area contributed by atoms with Gasteiger partial charge < -0.3 is 14.4 Å². The summed E-state index contributed by atoms with van der Waals surface area (Å²) in [5.74, 6) is 0.369. The summed E-state index contributed by atoms with van der Waals surface area (Å²) >= 11 is 0. The van der Waals surface area contributed by atoms with Gasteiger partial charge in [0.15, 0.2) is 5.65 Å². The molecule has 0 bridgehead atoms. The second kappa shape index (κ2) is 7.09. The highest BCUT2D eigenvalue weighted by Gasteiger charge is 2.32. The van der Waals surface area contributed by atoms with Crippen LogP contribution in [-0.2, 0) is 16.7 Å². The van der Waals surface area contributed by atoms with Crippen LogP contribution in [0.4, 0.5) is 4.79 Å². The van der Waals surface area contributed by atoms with E-state index in [2.05, 4.69) is 26.8 Å². The molecule has 0 N–H and O–H groups in total. The number of carbonyl (C=O) groups is 1. The Morgan fingerprint density at radius 3 is 2.70 bits per heavy atom.